The van der Waals surface area contributed by atoms with Crippen molar-refractivity contribution < 1.29 is 23.4 Å². The molecule has 2 aromatic carbocycles. The van der Waals surface area contributed by atoms with E-state index in [2.05, 4.69) is 4.98 Å². The van der Waals surface area contributed by atoms with Crippen molar-refractivity contribution in [2.75, 3.05) is 20.8 Å². The Kier molecular flexibility index (Phi) is 8.23. The lowest BCUT2D eigenvalue weighted by Crippen LogP contribution is -2.12. The van der Waals surface area contributed by atoms with Gasteiger partial charge in [0, 0.05) is 30.1 Å². The summed E-state index contributed by atoms with van der Waals surface area (Å²) in [7, 11) is 3.26. The van der Waals surface area contributed by atoms with Gasteiger partial charge < -0.3 is 29.1 Å². The van der Waals surface area contributed by atoms with Gasteiger partial charge in [-0.1, -0.05) is 12.1 Å². The fourth-order valence-electron chi connectivity index (χ4n) is 4.03. The molecule has 0 spiro atoms. The average molecular weight is 477 g/mol. The van der Waals surface area contributed by atoms with Gasteiger partial charge in [-0.05, 0) is 61.2 Å². The van der Waals surface area contributed by atoms with Crippen LogP contribution in [0.4, 0.5) is 0 Å². The van der Waals surface area contributed by atoms with Crippen molar-refractivity contribution in [1.82, 2.24) is 4.98 Å². The Bertz CT molecular complexity index is 1220. The molecule has 0 fully saturated rings. The molecule has 0 aliphatic heterocycles. The van der Waals surface area contributed by atoms with Gasteiger partial charge in [0.25, 0.3) is 0 Å². The van der Waals surface area contributed by atoms with E-state index in [4.69, 9.17) is 29.1 Å². The van der Waals surface area contributed by atoms with E-state index in [1.807, 2.05) is 61.7 Å². The van der Waals surface area contributed by atoms with Crippen LogP contribution >= 0.6 is 0 Å². The lowest BCUT2D eigenvalue weighted by atomic mass is 10.1. The molecule has 35 heavy (non-hydrogen) atoms. The predicted molar refractivity (Wildman–Crippen MR) is 135 cm³/mol. The van der Waals surface area contributed by atoms with E-state index in [0.717, 1.165) is 63.5 Å². The Morgan fingerprint density at radius 2 is 1.80 bits per heavy atom. The molecule has 4 rings (SSSR count). The summed E-state index contributed by atoms with van der Waals surface area (Å²) in [6, 6.07) is 15.4. The zero-order valence-corrected chi connectivity index (χ0v) is 20.5. The smallest absolute Gasteiger partial charge is 0.138 e. The van der Waals surface area contributed by atoms with Crippen molar-refractivity contribution in [3.8, 4) is 17.2 Å². The molecular weight excluding hydrogens is 444 g/mol. The molecule has 0 aliphatic rings. The molecule has 1 unspecified atom stereocenters. The Morgan fingerprint density at radius 3 is 2.51 bits per heavy atom. The van der Waals surface area contributed by atoms with Gasteiger partial charge >= 0.3 is 0 Å². The normalized spacial score (nSPS) is 12.0. The molecule has 4 aromatic rings. The highest BCUT2D eigenvalue weighted by Crippen LogP contribution is 2.34. The van der Waals surface area contributed by atoms with E-state index >= 15 is 0 Å². The topological polar surface area (TPSA) is 89.0 Å². The number of hydrogen-bond acceptors (Lipinski definition) is 7. The number of methoxy groups -OCH3 is 2. The van der Waals surface area contributed by atoms with Crippen LogP contribution in [0.15, 0.2) is 65.3 Å². The van der Waals surface area contributed by atoms with Gasteiger partial charge in [-0.2, -0.15) is 0 Å². The highest BCUT2D eigenvalue weighted by molar-refractivity contribution is 5.88. The zero-order chi connectivity index (χ0) is 24.6. The van der Waals surface area contributed by atoms with E-state index in [1.165, 1.54) is 0 Å². The summed E-state index contributed by atoms with van der Waals surface area (Å²) >= 11 is 0. The fourth-order valence-corrected chi connectivity index (χ4v) is 4.03. The first-order chi connectivity index (χ1) is 17.1. The number of aryl methyl sites for hydroxylation is 1. The molecule has 2 aromatic heterocycles. The maximum atomic E-state index is 6.27. The maximum absolute atomic E-state index is 6.27. The first-order valence-electron chi connectivity index (χ1n) is 11.7. The summed E-state index contributed by atoms with van der Waals surface area (Å²) in [5.74, 6) is 3.05. The standard InChI is InChI=1S/C28H32N2O5/c1-19-27(18-33-17-20-13-22(31-2)15-23(14-20)32-3)35-26-10-4-9-25(28(19)26)34-12-6-8-24(29)21-7-5-11-30-16-21/h4-5,7,9-11,13-16,24H,6,8,12,17-18,29H2,1-3H3. The van der Waals surface area contributed by atoms with E-state index < -0.39 is 0 Å². The molecule has 0 bridgehead atoms. The molecule has 1 atom stereocenters. The van der Waals surface area contributed by atoms with Crippen molar-refractivity contribution >= 4 is 11.0 Å². The minimum atomic E-state index is -0.0490. The first kappa shape index (κ1) is 24.6. The summed E-state index contributed by atoms with van der Waals surface area (Å²) in [4.78, 5) is 4.14. The number of furan rings is 1. The second-order valence-corrected chi connectivity index (χ2v) is 8.38. The van der Waals surface area contributed by atoms with Crippen molar-refractivity contribution in [1.29, 1.82) is 0 Å². The number of benzene rings is 2. The van der Waals surface area contributed by atoms with Gasteiger partial charge in [0.15, 0.2) is 0 Å². The number of hydrogen-bond donors (Lipinski definition) is 1. The number of aromatic nitrogens is 1. The number of nitrogens with zero attached hydrogens (tertiary/aromatic N) is 1. The third-order valence-electron chi connectivity index (χ3n) is 5.96. The Balaban J connectivity index is 1.36. The number of fused-ring (bicyclic) bond motifs is 1. The van der Waals surface area contributed by atoms with Crippen LogP contribution in [0.5, 0.6) is 17.2 Å². The van der Waals surface area contributed by atoms with Gasteiger partial charge in [0.1, 0.15) is 35.2 Å². The minimum Gasteiger partial charge on any atom is -0.497 e. The molecule has 7 nitrogen and oxygen atoms in total. The van der Waals surface area contributed by atoms with E-state index in [1.54, 1.807) is 20.4 Å². The van der Waals surface area contributed by atoms with Gasteiger partial charge in [-0.25, -0.2) is 0 Å². The van der Waals surface area contributed by atoms with Crippen LogP contribution < -0.4 is 19.9 Å². The second kappa shape index (κ2) is 11.7. The van der Waals surface area contributed by atoms with Gasteiger partial charge in [-0.15, -0.1) is 0 Å². The van der Waals surface area contributed by atoms with E-state index in [-0.39, 0.29) is 6.04 Å². The minimum absolute atomic E-state index is 0.0490. The van der Waals surface area contributed by atoms with E-state index in [0.29, 0.717) is 19.8 Å². The molecule has 0 saturated heterocycles. The number of ether oxygens (including phenoxy) is 4. The second-order valence-electron chi connectivity index (χ2n) is 8.38. The average Bonchev–Trinajstić information content (AvgIpc) is 3.22. The molecule has 2 N–H and O–H groups in total. The van der Waals surface area contributed by atoms with Gasteiger partial charge in [0.2, 0.25) is 0 Å². The summed E-state index contributed by atoms with van der Waals surface area (Å²) < 4.78 is 28.8. The lowest BCUT2D eigenvalue weighted by molar-refractivity contribution is 0.0933. The van der Waals surface area contributed by atoms with Crippen LogP contribution in [0.1, 0.15) is 41.3 Å². The largest absolute Gasteiger partial charge is 0.497 e. The van der Waals surface area contributed by atoms with Gasteiger partial charge in [0.05, 0.1) is 32.8 Å². The van der Waals surface area contributed by atoms with Crippen molar-refractivity contribution in [3.63, 3.8) is 0 Å². The van der Waals surface area contributed by atoms with Crippen molar-refractivity contribution in [2.24, 2.45) is 5.73 Å². The summed E-state index contributed by atoms with van der Waals surface area (Å²) in [6.45, 7) is 3.36. The highest BCUT2D eigenvalue weighted by atomic mass is 16.5. The monoisotopic (exact) mass is 476 g/mol. The number of pyridine rings is 1. The molecule has 0 amide bonds. The van der Waals surface area contributed by atoms with Crippen LogP contribution in [-0.2, 0) is 18.0 Å². The van der Waals surface area contributed by atoms with Crippen molar-refractivity contribution in [3.05, 3.63) is 83.4 Å². The van der Waals surface area contributed by atoms with Crippen LogP contribution in [-0.4, -0.2) is 25.8 Å². The molecule has 7 heteroatoms. The fraction of sp³-hybridized carbons (Fsp3) is 0.321. The van der Waals surface area contributed by atoms with Crippen molar-refractivity contribution in [2.45, 2.75) is 39.0 Å². The van der Waals surface area contributed by atoms with E-state index in [9.17, 15) is 0 Å². The van der Waals surface area contributed by atoms with Crippen LogP contribution in [0.25, 0.3) is 11.0 Å². The molecule has 0 saturated carbocycles. The highest BCUT2D eigenvalue weighted by Gasteiger charge is 2.15. The van der Waals surface area contributed by atoms with Crippen LogP contribution in [0.2, 0.25) is 0 Å². The molecule has 184 valence electrons. The Labute approximate surface area is 205 Å². The summed E-state index contributed by atoms with van der Waals surface area (Å²) in [5.41, 5.74) is 10.1. The van der Waals surface area contributed by atoms with Crippen LogP contribution in [0, 0.1) is 6.92 Å². The lowest BCUT2D eigenvalue weighted by Gasteiger charge is -2.12. The third-order valence-corrected chi connectivity index (χ3v) is 5.96. The first-order valence-corrected chi connectivity index (χ1v) is 11.7. The summed E-state index contributed by atoms with van der Waals surface area (Å²) in [6.07, 6.45) is 5.22. The predicted octanol–water partition coefficient (Wildman–Crippen LogP) is 5.73. The number of rotatable bonds is 12. The Hall–Kier alpha value is -3.55. The summed E-state index contributed by atoms with van der Waals surface area (Å²) in [5, 5.41) is 0.978. The quantitative estimate of drug-likeness (QED) is 0.261. The van der Waals surface area contributed by atoms with Crippen LogP contribution in [0.3, 0.4) is 0 Å². The molecule has 2 heterocycles. The SMILES string of the molecule is COc1cc(COCc2oc3cccc(OCCCC(N)c4cccnc4)c3c2C)cc(OC)c1. The van der Waals surface area contributed by atoms with Gasteiger partial charge in [-0.3, -0.25) is 4.98 Å². The molecular formula is C28H32N2O5. The third kappa shape index (κ3) is 6.12. The molecule has 0 aliphatic carbocycles. The number of nitrogens with two attached hydrogens (primary N) is 1. The zero-order valence-electron chi connectivity index (χ0n) is 20.5. The molecule has 0 radical (unpaired) electrons. The Morgan fingerprint density at radius 1 is 1.00 bits per heavy atom. The maximum Gasteiger partial charge on any atom is 0.138 e.